The molecule has 0 bridgehead atoms. The summed E-state index contributed by atoms with van der Waals surface area (Å²) in [6.07, 6.45) is 51.3. The highest BCUT2D eigenvalue weighted by atomic mass is 16.6. The molecule has 0 radical (unpaired) electrons. The second kappa shape index (κ2) is 48.4. The van der Waals surface area contributed by atoms with Crippen LogP contribution < -0.4 is 0 Å². The number of esters is 3. The zero-order chi connectivity index (χ0) is 43.8. The molecule has 0 aliphatic rings. The normalized spacial score (nSPS) is 12.4. The third-order valence-electron chi connectivity index (χ3n) is 12.7. The van der Waals surface area contributed by atoms with Gasteiger partial charge in [0.25, 0.3) is 0 Å². The Labute approximate surface area is 374 Å². The highest BCUT2D eigenvalue weighted by Crippen LogP contribution is 2.18. The fourth-order valence-corrected chi connectivity index (χ4v) is 8.19. The molecule has 0 aromatic rings. The first-order valence-electron chi connectivity index (χ1n) is 26.9. The van der Waals surface area contributed by atoms with Gasteiger partial charge in [0, 0.05) is 19.3 Å². The lowest BCUT2D eigenvalue weighted by molar-refractivity contribution is -0.167. The molecule has 6 nitrogen and oxygen atoms in total. The van der Waals surface area contributed by atoms with E-state index in [2.05, 4.69) is 27.7 Å². The Hall–Kier alpha value is -1.59. The number of unbranched alkanes of at least 4 members (excludes halogenated alkanes) is 35. The fourth-order valence-electron chi connectivity index (χ4n) is 8.19. The zero-order valence-electron chi connectivity index (χ0n) is 40.9. The summed E-state index contributed by atoms with van der Waals surface area (Å²) in [5, 5.41) is 0. The third-order valence-corrected chi connectivity index (χ3v) is 12.7. The Morgan fingerprint density at radius 1 is 0.333 bits per heavy atom. The zero-order valence-corrected chi connectivity index (χ0v) is 40.9. The van der Waals surface area contributed by atoms with Crippen LogP contribution in [0.5, 0.6) is 0 Å². The van der Waals surface area contributed by atoms with Gasteiger partial charge in [-0.05, 0) is 25.2 Å². The van der Waals surface area contributed by atoms with Crippen molar-refractivity contribution in [2.75, 3.05) is 13.2 Å². The largest absolute Gasteiger partial charge is 0.462 e. The van der Waals surface area contributed by atoms with Gasteiger partial charge in [0.05, 0.1) is 0 Å². The molecule has 0 aliphatic heterocycles. The summed E-state index contributed by atoms with van der Waals surface area (Å²) >= 11 is 0. The van der Waals surface area contributed by atoms with Gasteiger partial charge in [0.2, 0.25) is 0 Å². The summed E-state index contributed by atoms with van der Waals surface area (Å²) in [6.45, 7) is 9.01. The molecular weight excluding hydrogens is 745 g/mol. The van der Waals surface area contributed by atoms with E-state index in [1.54, 1.807) is 0 Å². The Morgan fingerprint density at radius 2 is 0.583 bits per heavy atom. The summed E-state index contributed by atoms with van der Waals surface area (Å²) in [4.78, 5) is 37.7. The monoisotopic (exact) mass is 849 g/mol. The molecule has 0 saturated carbocycles. The fraction of sp³-hybridized carbons (Fsp3) is 0.944. The van der Waals surface area contributed by atoms with E-state index in [0.29, 0.717) is 19.3 Å². The van der Waals surface area contributed by atoms with Crippen LogP contribution >= 0.6 is 0 Å². The molecule has 1 unspecified atom stereocenters. The van der Waals surface area contributed by atoms with Crippen LogP contribution in [-0.2, 0) is 28.6 Å². The molecule has 0 fully saturated rings. The van der Waals surface area contributed by atoms with Crippen LogP contribution in [0.2, 0.25) is 0 Å². The minimum atomic E-state index is -0.758. The lowest BCUT2D eigenvalue weighted by atomic mass is 9.99. The Balaban J connectivity index is 4.00. The van der Waals surface area contributed by atoms with Crippen molar-refractivity contribution in [2.24, 2.45) is 5.92 Å². The van der Waals surface area contributed by atoms with Crippen LogP contribution in [0.4, 0.5) is 0 Å². The molecule has 2 atom stereocenters. The van der Waals surface area contributed by atoms with E-state index >= 15 is 0 Å². The molecule has 0 rings (SSSR count). The highest BCUT2D eigenvalue weighted by Gasteiger charge is 2.19. The van der Waals surface area contributed by atoms with Crippen LogP contribution in [0.25, 0.3) is 0 Å². The standard InChI is InChI=1S/C54H104O6/c1-5-8-10-12-13-14-15-16-21-25-28-31-34-38-41-45-52(55)58-48-51(60-54(57)47-43-36-11-9-6-2)49-59-53(56)46-42-39-35-32-29-26-23-20-18-17-19-22-24-27-30-33-37-40-44-50(4)7-3/h50-51H,5-49H2,1-4H3/t50?,51-/m0/s1. The first-order valence-corrected chi connectivity index (χ1v) is 26.9. The summed E-state index contributed by atoms with van der Waals surface area (Å²) < 4.78 is 16.7. The van der Waals surface area contributed by atoms with Crippen LogP contribution in [0.1, 0.15) is 304 Å². The molecule has 0 N–H and O–H groups in total. The minimum absolute atomic E-state index is 0.0641. The van der Waals surface area contributed by atoms with Crippen molar-refractivity contribution in [3.05, 3.63) is 0 Å². The summed E-state index contributed by atoms with van der Waals surface area (Å²) in [5.41, 5.74) is 0. The van der Waals surface area contributed by atoms with Crippen LogP contribution in [0.15, 0.2) is 0 Å². The van der Waals surface area contributed by atoms with E-state index in [9.17, 15) is 14.4 Å². The quantitative estimate of drug-likeness (QED) is 0.0345. The maximum Gasteiger partial charge on any atom is 0.306 e. The van der Waals surface area contributed by atoms with Gasteiger partial charge in [-0.1, -0.05) is 265 Å². The highest BCUT2D eigenvalue weighted by molar-refractivity contribution is 5.71. The molecule has 0 aliphatic carbocycles. The Morgan fingerprint density at radius 3 is 0.867 bits per heavy atom. The smallest absolute Gasteiger partial charge is 0.306 e. The van der Waals surface area contributed by atoms with Gasteiger partial charge in [-0.15, -0.1) is 0 Å². The van der Waals surface area contributed by atoms with Crippen molar-refractivity contribution < 1.29 is 28.6 Å². The first kappa shape index (κ1) is 58.4. The van der Waals surface area contributed by atoms with Gasteiger partial charge < -0.3 is 14.2 Å². The topological polar surface area (TPSA) is 78.9 Å². The lowest BCUT2D eigenvalue weighted by Crippen LogP contribution is -2.30. The number of hydrogen-bond donors (Lipinski definition) is 0. The summed E-state index contributed by atoms with van der Waals surface area (Å²) in [6, 6.07) is 0. The Kier molecular flexibility index (Phi) is 47.2. The van der Waals surface area contributed by atoms with Gasteiger partial charge in [0.1, 0.15) is 13.2 Å². The van der Waals surface area contributed by atoms with E-state index in [1.807, 2.05) is 0 Å². The number of ether oxygens (including phenoxy) is 3. The van der Waals surface area contributed by atoms with Crippen molar-refractivity contribution >= 4 is 17.9 Å². The maximum absolute atomic E-state index is 12.6. The Bertz CT molecular complexity index is 905. The second-order valence-corrected chi connectivity index (χ2v) is 18.8. The number of rotatable bonds is 49. The predicted octanol–water partition coefficient (Wildman–Crippen LogP) is 17.5. The van der Waals surface area contributed by atoms with Crippen molar-refractivity contribution in [1.82, 2.24) is 0 Å². The van der Waals surface area contributed by atoms with E-state index in [-0.39, 0.29) is 31.1 Å². The molecule has 0 heterocycles. The molecule has 0 amide bonds. The van der Waals surface area contributed by atoms with Gasteiger partial charge in [-0.2, -0.15) is 0 Å². The van der Waals surface area contributed by atoms with Crippen LogP contribution in [0, 0.1) is 5.92 Å². The third kappa shape index (κ3) is 45.9. The number of carbonyl (C=O) groups is 3. The predicted molar refractivity (Wildman–Crippen MR) is 257 cm³/mol. The first-order chi connectivity index (χ1) is 29.4. The number of carbonyl (C=O) groups excluding carboxylic acids is 3. The van der Waals surface area contributed by atoms with E-state index in [1.165, 1.54) is 193 Å². The van der Waals surface area contributed by atoms with Crippen molar-refractivity contribution in [3.8, 4) is 0 Å². The average Bonchev–Trinajstić information content (AvgIpc) is 3.24. The molecule has 0 saturated heterocycles. The number of hydrogen-bond acceptors (Lipinski definition) is 6. The van der Waals surface area contributed by atoms with Gasteiger partial charge in [0.15, 0.2) is 6.10 Å². The second-order valence-electron chi connectivity index (χ2n) is 18.8. The molecule has 0 aromatic heterocycles. The van der Waals surface area contributed by atoms with Gasteiger partial charge in [-0.25, -0.2) is 0 Å². The molecule has 0 spiro atoms. The molecule has 60 heavy (non-hydrogen) atoms. The van der Waals surface area contributed by atoms with Crippen molar-refractivity contribution in [1.29, 1.82) is 0 Å². The van der Waals surface area contributed by atoms with E-state index in [4.69, 9.17) is 14.2 Å². The van der Waals surface area contributed by atoms with E-state index < -0.39 is 6.10 Å². The van der Waals surface area contributed by atoms with Crippen molar-refractivity contribution in [3.63, 3.8) is 0 Å². The van der Waals surface area contributed by atoms with Gasteiger partial charge in [-0.3, -0.25) is 14.4 Å². The molecular formula is C54H104O6. The molecule has 0 aromatic carbocycles. The van der Waals surface area contributed by atoms with Crippen LogP contribution in [-0.4, -0.2) is 37.2 Å². The lowest BCUT2D eigenvalue weighted by Gasteiger charge is -2.18. The molecule has 356 valence electrons. The summed E-state index contributed by atoms with van der Waals surface area (Å²) in [5.74, 6) is 0.0521. The van der Waals surface area contributed by atoms with E-state index in [0.717, 1.165) is 70.1 Å². The molecule has 6 heteroatoms. The SMILES string of the molecule is CCCCCCCCCCCCCCCCCC(=O)OC[C@@H](COC(=O)CCCCCCCCCCCCCCCCCCCCC(C)CC)OC(=O)CCCCCCC. The van der Waals surface area contributed by atoms with Crippen LogP contribution in [0.3, 0.4) is 0 Å². The maximum atomic E-state index is 12.6. The van der Waals surface area contributed by atoms with Crippen molar-refractivity contribution in [2.45, 2.75) is 310 Å². The minimum Gasteiger partial charge on any atom is -0.462 e. The van der Waals surface area contributed by atoms with Gasteiger partial charge >= 0.3 is 17.9 Å². The summed E-state index contributed by atoms with van der Waals surface area (Å²) in [7, 11) is 0. The average molecular weight is 849 g/mol.